The number of carboxylic acid groups (broad SMARTS) is 1. The molecule has 1 aliphatic rings. The second kappa shape index (κ2) is 8.99. The summed E-state index contributed by atoms with van der Waals surface area (Å²) in [7, 11) is 1.42. The van der Waals surface area contributed by atoms with Crippen molar-refractivity contribution in [2.24, 2.45) is 0 Å². The molecule has 0 amide bonds. The monoisotopic (exact) mass is 415 g/mol. The Morgan fingerprint density at radius 3 is 2.38 bits per heavy atom. The molecule has 1 unspecified atom stereocenters. The minimum absolute atomic E-state index is 0.0201. The van der Waals surface area contributed by atoms with Gasteiger partial charge >= 0.3 is 18.3 Å². The zero-order valence-electron chi connectivity index (χ0n) is 15.9. The first-order chi connectivity index (χ1) is 13.5. The topological polar surface area (TPSA) is 94.1 Å². The van der Waals surface area contributed by atoms with E-state index in [1.165, 1.54) is 26.2 Å². The Morgan fingerprint density at radius 1 is 1.14 bits per heavy atom. The van der Waals surface area contributed by atoms with E-state index in [1.54, 1.807) is 6.92 Å². The Bertz CT molecular complexity index is 860. The number of halogens is 3. The Hall–Kier alpha value is -3.01. The number of hydrogen-bond acceptors (Lipinski definition) is 6. The summed E-state index contributed by atoms with van der Waals surface area (Å²) < 4.78 is 51.7. The number of nitrogens with one attached hydrogen (secondary N) is 1. The molecule has 0 radical (unpaired) electrons. The number of rotatable bonds is 7. The van der Waals surface area contributed by atoms with Crippen LogP contribution >= 0.6 is 0 Å². The molecule has 1 atom stereocenters. The highest BCUT2D eigenvalue weighted by atomic mass is 19.4. The van der Waals surface area contributed by atoms with Crippen molar-refractivity contribution in [1.29, 1.82) is 0 Å². The van der Waals surface area contributed by atoms with Gasteiger partial charge in [0.25, 0.3) is 0 Å². The molecule has 1 aromatic carbocycles. The first-order valence-corrected chi connectivity index (χ1v) is 8.48. The lowest BCUT2D eigenvalue weighted by Gasteiger charge is -2.29. The van der Waals surface area contributed by atoms with Crippen LogP contribution in [0.1, 0.15) is 25.3 Å². The highest BCUT2D eigenvalue weighted by Crippen LogP contribution is 2.40. The van der Waals surface area contributed by atoms with Gasteiger partial charge in [0.1, 0.15) is 12.4 Å². The third kappa shape index (κ3) is 5.50. The summed E-state index contributed by atoms with van der Waals surface area (Å²) in [6.45, 7) is 3.12. The number of ether oxygens (including phenoxy) is 3. The molecule has 158 valence electrons. The Labute approximate surface area is 164 Å². The number of methoxy groups -OCH3 is 1. The fourth-order valence-electron chi connectivity index (χ4n) is 3.07. The standard InChI is InChI=1S/C19H20F3NO6/c1-10-14(17(24)25)16(12-5-4-6-13(9-12)29-19(20,21)22)15(11(2)23-10)18(26)28-8-7-27-3/h4-6,9,16,23H,7-8H2,1-3H3,(H,24,25). The molecule has 0 saturated heterocycles. The number of alkyl halides is 3. The van der Waals surface area contributed by atoms with E-state index in [-0.39, 0.29) is 35.6 Å². The molecule has 1 aromatic rings. The molecular formula is C19H20F3NO6. The molecule has 29 heavy (non-hydrogen) atoms. The second-order valence-corrected chi connectivity index (χ2v) is 6.19. The molecule has 2 N–H and O–H groups in total. The molecule has 10 heteroatoms. The molecule has 0 fully saturated rings. The van der Waals surface area contributed by atoms with E-state index in [0.29, 0.717) is 5.70 Å². The smallest absolute Gasteiger partial charge is 0.478 e. The van der Waals surface area contributed by atoms with Crippen LogP contribution in [-0.2, 0) is 19.1 Å². The minimum Gasteiger partial charge on any atom is -0.478 e. The Balaban J connectivity index is 2.54. The van der Waals surface area contributed by atoms with Gasteiger partial charge in [-0.3, -0.25) is 0 Å². The maximum atomic E-state index is 12.7. The maximum Gasteiger partial charge on any atom is 0.573 e. The van der Waals surface area contributed by atoms with Crippen LogP contribution in [0.15, 0.2) is 46.8 Å². The fourth-order valence-corrected chi connectivity index (χ4v) is 3.07. The van der Waals surface area contributed by atoms with Crippen molar-refractivity contribution in [1.82, 2.24) is 5.32 Å². The first-order valence-electron chi connectivity index (χ1n) is 8.48. The summed E-state index contributed by atoms with van der Waals surface area (Å²) in [6.07, 6.45) is -4.91. The van der Waals surface area contributed by atoms with Crippen LogP contribution in [-0.4, -0.2) is 43.7 Å². The van der Waals surface area contributed by atoms with Crippen molar-refractivity contribution >= 4 is 11.9 Å². The maximum absolute atomic E-state index is 12.7. The second-order valence-electron chi connectivity index (χ2n) is 6.19. The van der Waals surface area contributed by atoms with Gasteiger partial charge in [-0.15, -0.1) is 13.2 Å². The van der Waals surface area contributed by atoms with Gasteiger partial charge in [0, 0.05) is 18.5 Å². The molecule has 0 bridgehead atoms. The Morgan fingerprint density at radius 2 is 1.79 bits per heavy atom. The van der Waals surface area contributed by atoms with Crippen LogP contribution < -0.4 is 10.1 Å². The number of carbonyl (C=O) groups is 2. The molecule has 1 heterocycles. The highest BCUT2D eigenvalue weighted by molar-refractivity contribution is 5.99. The predicted octanol–water partition coefficient (Wildman–Crippen LogP) is 3.09. The number of hydrogen-bond donors (Lipinski definition) is 2. The zero-order chi connectivity index (χ0) is 21.8. The average molecular weight is 415 g/mol. The largest absolute Gasteiger partial charge is 0.573 e. The summed E-state index contributed by atoms with van der Waals surface area (Å²) in [6, 6.07) is 4.85. The third-order valence-electron chi connectivity index (χ3n) is 4.16. The van der Waals surface area contributed by atoms with Gasteiger partial charge < -0.3 is 24.6 Å². The zero-order valence-corrected chi connectivity index (χ0v) is 15.9. The quantitative estimate of drug-likeness (QED) is 0.522. The average Bonchev–Trinajstić information content (AvgIpc) is 2.59. The SMILES string of the molecule is COCCOC(=O)C1=C(C)NC(C)=C(C(=O)O)C1c1cccc(OC(F)(F)F)c1. The number of carbonyl (C=O) groups excluding carboxylic acids is 1. The van der Waals surface area contributed by atoms with Crippen LogP contribution in [0.3, 0.4) is 0 Å². The van der Waals surface area contributed by atoms with Crippen molar-refractivity contribution in [3.05, 3.63) is 52.4 Å². The van der Waals surface area contributed by atoms with Gasteiger partial charge in [0.05, 0.1) is 23.7 Å². The number of benzene rings is 1. The van der Waals surface area contributed by atoms with Crippen molar-refractivity contribution in [2.45, 2.75) is 26.1 Å². The summed E-state index contributed by atoms with van der Waals surface area (Å²) in [5, 5.41) is 12.5. The van der Waals surface area contributed by atoms with Gasteiger partial charge in [-0.05, 0) is 31.5 Å². The van der Waals surface area contributed by atoms with E-state index in [2.05, 4.69) is 10.1 Å². The molecule has 7 nitrogen and oxygen atoms in total. The molecule has 0 saturated carbocycles. The minimum atomic E-state index is -4.91. The first kappa shape index (κ1) is 22.3. The number of dihydropyridines is 1. The Kier molecular flexibility index (Phi) is 6.91. The van der Waals surface area contributed by atoms with Crippen LogP contribution in [0, 0.1) is 0 Å². The lowest BCUT2D eigenvalue weighted by molar-refractivity contribution is -0.274. The summed E-state index contributed by atoms with van der Waals surface area (Å²) in [5.74, 6) is -3.80. The summed E-state index contributed by atoms with van der Waals surface area (Å²) in [5.41, 5.74) is 0.535. The normalized spacial score (nSPS) is 17.1. The van der Waals surface area contributed by atoms with Gasteiger partial charge in [-0.2, -0.15) is 0 Å². The van der Waals surface area contributed by atoms with Crippen molar-refractivity contribution in [3.8, 4) is 5.75 Å². The van der Waals surface area contributed by atoms with Crippen LogP contribution in [0.25, 0.3) is 0 Å². The molecule has 2 rings (SSSR count). The molecule has 1 aliphatic heterocycles. The van der Waals surface area contributed by atoms with E-state index in [1.807, 2.05) is 0 Å². The van der Waals surface area contributed by atoms with Crippen molar-refractivity contribution in [3.63, 3.8) is 0 Å². The summed E-state index contributed by atoms with van der Waals surface area (Å²) >= 11 is 0. The van der Waals surface area contributed by atoms with Gasteiger partial charge in [-0.1, -0.05) is 12.1 Å². The van der Waals surface area contributed by atoms with E-state index < -0.39 is 30.0 Å². The fraction of sp³-hybridized carbons (Fsp3) is 0.368. The number of esters is 1. The number of allylic oxidation sites excluding steroid dienone is 2. The summed E-state index contributed by atoms with van der Waals surface area (Å²) in [4.78, 5) is 24.5. The van der Waals surface area contributed by atoms with Crippen molar-refractivity contribution in [2.75, 3.05) is 20.3 Å². The van der Waals surface area contributed by atoms with Gasteiger partial charge in [0.2, 0.25) is 0 Å². The molecular weight excluding hydrogens is 395 g/mol. The van der Waals surface area contributed by atoms with E-state index in [9.17, 15) is 27.9 Å². The van der Waals surface area contributed by atoms with Crippen LogP contribution in [0.5, 0.6) is 5.75 Å². The molecule has 0 aromatic heterocycles. The predicted molar refractivity (Wildman–Crippen MR) is 94.9 cm³/mol. The van der Waals surface area contributed by atoms with Gasteiger partial charge in [0.15, 0.2) is 0 Å². The number of aliphatic carboxylic acids is 1. The lowest BCUT2D eigenvalue weighted by atomic mass is 9.80. The van der Waals surface area contributed by atoms with Crippen molar-refractivity contribution < 1.29 is 42.1 Å². The van der Waals surface area contributed by atoms with E-state index in [0.717, 1.165) is 12.1 Å². The third-order valence-corrected chi connectivity index (χ3v) is 4.16. The molecule has 0 aliphatic carbocycles. The van der Waals surface area contributed by atoms with Crippen LogP contribution in [0.2, 0.25) is 0 Å². The molecule has 0 spiro atoms. The number of carboxylic acids is 1. The van der Waals surface area contributed by atoms with E-state index >= 15 is 0 Å². The lowest BCUT2D eigenvalue weighted by Crippen LogP contribution is -2.32. The van der Waals surface area contributed by atoms with Gasteiger partial charge in [-0.25, -0.2) is 9.59 Å². The highest BCUT2D eigenvalue weighted by Gasteiger charge is 2.38. The van der Waals surface area contributed by atoms with Crippen LogP contribution in [0.4, 0.5) is 13.2 Å². The van der Waals surface area contributed by atoms with E-state index in [4.69, 9.17) is 9.47 Å².